The minimum atomic E-state index is -0.465. The van der Waals surface area contributed by atoms with Gasteiger partial charge in [0.25, 0.3) is 0 Å². The van der Waals surface area contributed by atoms with Gasteiger partial charge in [0.15, 0.2) is 0 Å². The number of nitrogens with zero attached hydrogens (tertiary/aromatic N) is 1. The Bertz CT molecular complexity index is 761. The summed E-state index contributed by atoms with van der Waals surface area (Å²) >= 11 is 0. The lowest BCUT2D eigenvalue weighted by Crippen LogP contribution is -2.48. The summed E-state index contributed by atoms with van der Waals surface area (Å²) in [4.78, 5) is 14.5. The van der Waals surface area contributed by atoms with Crippen LogP contribution >= 0.6 is 0 Å². The number of benzene rings is 2. The summed E-state index contributed by atoms with van der Waals surface area (Å²) in [6.45, 7) is 6.56. The minimum Gasteiger partial charge on any atom is -0.444 e. The molecule has 0 saturated heterocycles. The highest BCUT2D eigenvalue weighted by Gasteiger charge is 2.32. The molecule has 0 bridgehead atoms. The summed E-state index contributed by atoms with van der Waals surface area (Å²) in [5.41, 5.74) is 0.862. The van der Waals surface area contributed by atoms with Crippen LogP contribution in [0.4, 0.5) is 4.79 Å². The van der Waals surface area contributed by atoms with Crippen molar-refractivity contribution in [3.05, 3.63) is 48.0 Å². The molecule has 3 rings (SSSR count). The van der Waals surface area contributed by atoms with E-state index in [1.807, 2.05) is 20.8 Å². The Balaban J connectivity index is 1.68. The van der Waals surface area contributed by atoms with Gasteiger partial charge < -0.3 is 10.1 Å². The van der Waals surface area contributed by atoms with E-state index in [4.69, 9.17) is 4.74 Å². The van der Waals surface area contributed by atoms with Crippen LogP contribution in [0, 0.1) is 0 Å². The second-order valence-electron chi connectivity index (χ2n) is 8.30. The van der Waals surface area contributed by atoms with Crippen LogP contribution in [-0.2, 0) is 11.3 Å². The van der Waals surface area contributed by atoms with Crippen LogP contribution in [0.3, 0.4) is 0 Å². The zero-order valence-electron chi connectivity index (χ0n) is 16.3. The third kappa shape index (κ3) is 4.55. The first kappa shape index (κ1) is 18.7. The molecule has 26 heavy (non-hydrogen) atoms. The summed E-state index contributed by atoms with van der Waals surface area (Å²) in [7, 11) is 2.15. The molecule has 0 unspecified atom stereocenters. The minimum absolute atomic E-state index is 0.143. The summed E-state index contributed by atoms with van der Waals surface area (Å²) in [5, 5.41) is 5.66. The normalized spacial score (nSPS) is 20.5. The molecule has 1 amide bonds. The highest BCUT2D eigenvalue weighted by molar-refractivity contribution is 5.85. The fraction of sp³-hybridized carbons (Fsp3) is 0.500. The molecule has 0 radical (unpaired) electrons. The molecule has 4 nitrogen and oxygen atoms in total. The van der Waals surface area contributed by atoms with Crippen molar-refractivity contribution in [1.29, 1.82) is 0 Å². The molecule has 0 heterocycles. The molecule has 2 aromatic carbocycles. The van der Waals surface area contributed by atoms with Crippen molar-refractivity contribution in [1.82, 2.24) is 10.2 Å². The second kappa shape index (κ2) is 7.67. The van der Waals surface area contributed by atoms with Gasteiger partial charge in [-0.15, -0.1) is 0 Å². The first-order chi connectivity index (χ1) is 12.3. The Morgan fingerprint density at radius 2 is 1.88 bits per heavy atom. The van der Waals surface area contributed by atoms with E-state index in [1.165, 1.54) is 16.3 Å². The molecule has 1 aliphatic carbocycles. The lowest BCUT2D eigenvalue weighted by atomic mass is 10.0. The molecule has 1 fully saturated rings. The number of nitrogens with one attached hydrogen (secondary N) is 1. The Morgan fingerprint density at radius 1 is 1.15 bits per heavy atom. The first-order valence-electron chi connectivity index (χ1n) is 9.50. The zero-order chi connectivity index (χ0) is 18.7. The number of fused-ring (bicyclic) bond motifs is 1. The van der Waals surface area contributed by atoms with Crippen molar-refractivity contribution in [2.75, 3.05) is 7.05 Å². The molecular formula is C22H30N2O2. The van der Waals surface area contributed by atoms with Gasteiger partial charge >= 0.3 is 6.09 Å². The molecule has 1 aliphatic rings. The Hall–Kier alpha value is -2.07. The molecule has 140 valence electrons. The van der Waals surface area contributed by atoms with E-state index in [-0.39, 0.29) is 12.1 Å². The largest absolute Gasteiger partial charge is 0.444 e. The van der Waals surface area contributed by atoms with Crippen LogP contribution in [0.25, 0.3) is 10.8 Å². The summed E-state index contributed by atoms with van der Waals surface area (Å²) < 4.78 is 5.44. The predicted molar refractivity (Wildman–Crippen MR) is 106 cm³/mol. The highest BCUT2D eigenvalue weighted by atomic mass is 16.6. The van der Waals surface area contributed by atoms with Gasteiger partial charge in [-0.25, -0.2) is 4.79 Å². The number of ether oxygens (including phenoxy) is 1. The van der Waals surface area contributed by atoms with Crippen LogP contribution < -0.4 is 5.32 Å². The van der Waals surface area contributed by atoms with Gasteiger partial charge in [-0.1, -0.05) is 42.5 Å². The molecule has 0 aromatic heterocycles. The average Bonchev–Trinajstić information content (AvgIpc) is 3.01. The molecule has 2 atom stereocenters. The van der Waals surface area contributed by atoms with E-state index in [1.54, 1.807) is 0 Å². The van der Waals surface area contributed by atoms with Crippen molar-refractivity contribution >= 4 is 16.9 Å². The lowest BCUT2D eigenvalue weighted by molar-refractivity contribution is 0.0478. The van der Waals surface area contributed by atoms with Gasteiger partial charge in [-0.3, -0.25) is 4.90 Å². The monoisotopic (exact) mass is 354 g/mol. The number of amides is 1. The molecule has 0 spiro atoms. The fourth-order valence-electron chi connectivity index (χ4n) is 3.91. The van der Waals surface area contributed by atoms with Crippen molar-refractivity contribution < 1.29 is 9.53 Å². The third-order valence-electron chi connectivity index (χ3n) is 5.05. The quantitative estimate of drug-likeness (QED) is 0.864. The fourth-order valence-corrected chi connectivity index (χ4v) is 3.91. The van der Waals surface area contributed by atoms with Crippen LogP contribution in [0.15, 0.2) is 42.5 Å². The molecular weight excluding hydrogens is 324 g/mol. The van der Waals surface area contributed by atoms with E-state index >= 15 is 0 Å². The van der Waals surface area contributed by atoms with Gasteiger partial charge in [-0.2, -0.15) is 0 Å². The number of hydrogen-bond donors (Lipinski definition) is 1. The number of carbonyl (C=O) groups excluding carboxylic acids is 1. The Kier molecular flexibility index (Phi) is 5.52. The first-order valence-corrected chi connectivity index (χ1v) is 9.50. The van der Waals surface area contributed by atoms with E-state index in [9.17, 15) is 4.79 Å². The number of likely N-dealkylation sites (N-methyl/N-ethyl adjacent to an activating group) is 1. The maximum absolute atomic E-state index is 12.2. The van der Waals surface area contributed by atoms with Crippen molar-refractivity contribution in [3.8, 4) is 0 Å². The van der Waals surface area contributed by atoms with Crippen molar-refractivity contribution in [2.24, 2.45) is 0 Å². The SMILES string of the molecule is CN(Cc1cccc2ccccc12)[C@H]1CCC[C@@H]1NC(=O)OC(C)(C)C. The molecule has 1 N–H and O–H groups in total. The van der Waals surface area contributed by atoms with Crippen molar-refractivity contribution in [2.45, 2.75) is 64.3 Å². The van der Waals surface area contributed by atoms with Gasteiger partial charge in [0, 0.05) is 18.6 Å². The average molecular weight is 354 g/mol. The maximum atomic E-state index is 12.2. The summed E-state index contributed by atoms with van der Waals surface area (Å²) in [6, 6.07) is 15.5. The summed E-state index contributed by atoms with van der Waals surface area (Å²) in [5.74, 6) is 0. The van der Waals surface area contributed by atoms with Crippen LogP contribution in [-0.4, -0.2) is 35.7 Å². The highest BCUT2D eigenvalue weighted by Crippen LogP contribution is 2.27. The number of hydrogen-bond acceptors (Lipinski definition) is 3. The lowest BCUT2D eigenvalue weighted by Gasteiger charge is -2.31. The van der Waals surface area contributed by atoms with Crippen molar-refractivity contribution in [3.63, 3.8) is 0 Å². The molecule has 4 heteroatoms. The topological polar surface area (TPSA) is 41.6 Å². The van der Waals surface area contributed by atoms with Gasteiger partial charge in [-0.05, 0) is 63.4 Å². The number of carbonyl (C=O) groups is 1. The number of rotatable bonds is 4. The molecule has 2 aromatic rings. The maximum Gasteiger partial charge on any atom is 0.407 e. The van der Waals surface area contributed by atoms with Crippen LogP contribution in [0.2, 0.25) is 0 Å². The van der Waals surface area contributed by atoms with Gasteiger partial charge in [0.2, 0.25) is 0 Å². The van der Waals surface area contributed by atoms with Crippen LogP contribution in [0.5, 0.6) is 0 Å². The van der Waals surface area contributed by atoms with E-state index in [0.717, 1.165) is 25.8 Å². The smallest absolute Gasteiger partial charge is 0.407 e. The standard InChI is InChI=1S/C22H30N2O2/c1-22(2,3)26-21(25)23-19-13-8-14-20(19)24(4)15-17-11-7-10-16-9-5-6-12-18(16)17/h5-7,9-12,19-20H,8,13-15H2,1-4H3,(H,23,25)/t19-,20-/m0/s1. The zero-order valence-corrected chi connectivity index (χ0v) is 16.3. The van der Waals surface area contributed by atoms with Gasteiger partial charge in [0.1, 0.15) is 5.60 Å². The van der Waals surface area contributed by atoms with Crippen LogP contribution in [0.1, 0.15) is 45.6 Å². The molecule has 0 aliphatic heterocycles. The third-order valence-corrected chi connectivity index (χ3v) is 5.05. The molecule has 1 saturated carbocycles. The van der Waals surface area contributed by atoms with Gasteiger partial charge in [0.05, 0.1) is 0 Å². The predicted octanol–water partition coefficient (Wildman–Crippen LogP) is 4.72. The summed E-state index contributed by atoms with van der Waals surface area (Å²) in [6.07, 6.45) is 2.92. The van der Waals surface area contributed by atoms with E-state index < -0.39 is 5.60 Å². The number of alkyl carbamates (subject to hydrolysis) is 1. The Morgan fingerprint density at radius 3 is 2.65 bits per heavy atom. The van der Waals surface area contributed by atoms with E-state index in [0.29, 0.717) is 6.04 Å². The Labute approximate surface area is 156 Å². The second-order valence-corrected chi connectivity index (χ2v) is 8.30. The van der Waals surface area contributed by atoms with E-state index in [2.05, 4.69) is 59.7 Å².